The number of benzene rings is 1. The standard InChI is InChI=1S/C16H23NO/c1-13(2)5-4-6-14(3)11-12-18-16-9-7-15(17)8-10-16/h5,7-11H,4,6,12,17H2,1-3H3. The minimum atomic E-state index is 0.616. The van der Waals surface area contributed by atoms with Crippen molar-refractivity contribution in [3.05, 3.63) is 47.6 Å². The van der Waals surface area contributed by atoms with E-state index in [0.29, 0.717) is 6.61 Å². The Morgan fingerprint density at radius 2 is 1.78 bits per heavy atom. The van der Waals surface area contributed by atoms with Crippen molar-refractivity contribution in [1.82, 2.24) is 0 Å². The zero-order valence-electron chi connectivity index (χ0n) is 11.6. The summed E-state index contributed by atoms with van der Waals surface area (Å²) in [6.07, 6.45) is 6.59. The van der Waals surface area contributed by atoms with Crippen LogP contribution in [-0.4, -0.2) is 6.61 Å². The van der Waals surface area contributed by atoms with Crippen molar-refractivity contribution in [2.75, 3.05) is 12.3 Å². The molecule has 0 amide bonds. The Morgan fingerprint density at radius 1 is 1.11 bits per heavy atom. The number of rotatable bonds is 6. The molecule has 0 aromatic heterocycles. The van der Waals surface area contributed by atoms with E-state index in [4.69, 9.17) is 10.5 Å². The van der Waals surface area contributed by atoms with Gasteiger partial charge in [-0.2, -0.15) is 0 Å². The highest BCUT2D eigenvalue weighted by atomic mass is 16.5. The Labute approximate surface area is 110 Å². The Bertz CT molecular complexity index is 411. The van der Waals surface area contributed by atoms with Crippen LogP contribution >= 0.6 is 0 Å². The highest BCUT2D eigenvalue weighted by Gasteiger charge is 1.93. The lowest BCUT2D eigenvalue weighted by molar-refractivity contribution is 0.361. The summed E-state index contributed by atoms with van der Waals surface area (Å²) in [7, 11) is 0. The van der Waals surface area contributed by atoms with Gasteiger partial charge in [-0.1, -0.05) is 17.2 Å². The summed E-state index contributed by atoms with van der Waals surface area (Å²) in [6, 6.07) is 7.48. The molecule has 98 valence electrons. The van der Waals surface area contributed by atoms with Gasteiger partial charge < -0.3 is 10.5 Å². The van der Waals surface area contributed by atoms with Crippen molar-refractivity contribution < 1.29 is 4.74 Å². The quantitative estimate of drug-likeness (QED) is 0.597. The Kier molecular flexibility index (Phi) is 6.06. The van der Waals surface area contributed by atoms with Crippen LogP contribution < -0.4 is 10.5 Å². The summed E-state index contributed by atoms with van der Waals surface area (Å²) in [5, 5.41) is 0. The number of nitrogens with two attached hydrogens (primary N) is 1. The molecular formula is C16H23NO. The fourth-order valence-electron chi connectivity index (χ4n) is 1.53. The maximum Gasteiger partial charge on any atom is 0.119 e. The summed E-state index contributed by atoms with van der Waals surface area (Å²) in [5.74, 6) is 0.859. The van der Waals surface area contributed by atoms with Crippen LogP contribution in [-0.2, 0) is 0 Å². The Balaban J connectivity index is 2.31. The molecule has 2 nitrogen and oxygen atoms in total. The Morgan fingerprint density at radius 3 is 2.39 bits per heavy atom. The molecule has 0 aliphatic rings. The number of hydrogen-bond acceptors (Lipinski definition) is 2. The third-order valence-corrected chi connectivity index (χ3v) is 2.65. The van der Waals surface area contributed by atoms with Gasteiger partial charge in [0.2, 0.25) is 0 Å². The average Bonchev–Trinajstić information content (AvgIpc) is 2.31. The van der Waals surface area contributed by atoms with Crippen molar-refractivity contribution in [1.29, 1.82) is 0 Å². The van der Waals surface area contributed by atoms with E-state index in [1.54, 1.807) is 0 Å². The first-order chi connectivity index (χ1) is 8.58. The molecule has 1 aromatic carbocycles. The van der Waals surface area contributed by atoms with Crippen LogP contribution in [0.15, 0.2) is 47.6 Å². The van der Waals surface area contributed by atoms with Crippen molar-refractivity contribution in [3.63, 3.8) is 0 Å². The summed E-state index contributed by atoms with van der Waals surface area (Å²) in [4.78, 5) is 0. The topological polar surface area (TPSA) is 35.2 Å². The highest BCUT2D eigenvalue weighted by molar-refractivity contribution is 5.41. The molecule has 18 heavy (non-hydrogen) atoms. The molecule has 0 saturated carbocycles. The van der Waals surface area contributed by atoms with Crippen LogP contribution in [0.1, 0.15) is 33.6 Å². The van der Waals surface area contributed by atoms with E-state index < -0.39 is 0 Å². The van der Waals surface area contributed by atoms with Gasteiger partial charge in [-0.05, 0) is 64.0 Å². The SMILES string of the molecule is CC(C)=CCCC(C)=CCOc1ccc(N)cc1. The molecule has 1 rings (SSSR count). The molecule has 0 spiro atoms. The number of ether oxygens (including phenoxy) is 1. The van der Waals surface area contributed by atoms with E-state index in [1.165, 1.54) is 11.1 Å². The van der Waals surface area contributed by atoms with Gasteiger partial charge in [0, 0.05) is 5.69 Å². The second-order valence-electron chi connectivity index (χ2n) is 4.75. The molecule has 2 heteroatoms. The van der Waals surface area contributed by atoms with Crippen LogP contribution in [0, 0.1) is 0 Å². The van der Waals surface area contributed by atoms with Gasteiger partial charge in [-0.3, -0.25) is 0 Å². The van der Waals surface area contributed by atoms with Crippen LogP contribution in [0.3, 0.4) is 0 Å². The monoisotopic (exact) mass is 245 g/mol. The molecule has 0 atom stereocenters. The number of nitrogen functional groups attached to an aromatic ring is 1. The minimum Gasteiger partial charge on any atom is -0.490 e. The largest absolute Gasteiger partial charge is 0.490 e. The summed E-state index contributed by atoms with van der Waals surface area (Å²) in [5.41, 5.74) is 9.11. The van der Waals surface area contributed by atoms with Gasteiger partial charge in [0.1, 0.15) is 12.4 Å². The third-order valence-electron chi connectivity index (χ3n) is 2.65. The maximum atomic E-state index is 5.61. The molecule has 2 N–H and O–H groups in total. The van der Waals surface area contributed by atoms with Crippen molar-refractivity contribution in [3.8, 4) is 5.75 Å². The van der Waals surface area contributed by atoms with E-state index in [1.807, 2.05) is 24.3 Å². The molecule has 0 saturated heterocycles. The third kappa shape index (κ3) is 6.14. The average molecular weight is 245 g/mol. The fourth-order valence-corrected chi connectivity index (χ4v) is 1.53. The molecule has 0 aliphatic carbocycles. The van der Waals surface area contributed by atoms with Gasteiger partial charge in [-0.15, -0.1) is 0 Å². The smallest absolute Gasteiger partial charge is 0.119 e. The van der Waals surface area contributed by atoms with Crippen LogP contribution in [0.2, 0.25) is 0 Å². The van der Waals surface area contributed by atoms with E-state index in [-0.39, 0.29) is 0 Å². The van der Waals surface area contributed by atoms with E-state index >= 15 is 0 Å². The van der Waals surface area contributed by atoms with E-state index in [9.17, 15) is 0 Å². The first kappa shape index (κ1) is 14.4. The van der Waals surface area contributed by atoms with Crippen LogP contribution in [0.25, 0.3) is 0 Å². The molecule has 0 unspecified atom stereocenters. The van der Waals surface area contributed by atoms with E-state index in [0.717, 1.165) is 24.3 Å². The summed E-state index contributed by atoms with van der Waals surface area (Å²) in [6.45, 7) is 7.02. The van der Waals surface area contributed by atoms with Crippen molar-refractivity contribution in [2.45, 2.75) is 33.6 Å². The zero-order valence-corrected chi connectivity index (χ0v) is 11.6. The van der Waals surface area contributed by atoms with Gasteiger partial charge in [0.15, 0.2) is 0 Å². The van der Waals surface area contributed by atoms with Gasteiger partial charge >= 0.3 is 0 Å². The van der Waals surface area contributed by atoms with Crippen molar-refractivity contribution >= 4 is 5.69 Å². The molecule has 0 fully saturated rings. The number of hydrogen-bond donors (Lipinski definition) is 1. The van der Waals surface area contributed by atoms with Crippen LogP contribution in [0.5, 0.6) is 5.75 Å². The first-order valence-corrected chi connectivity index (χ1v) is 6.35. The highest BCUT2D eigenvalue weighted by Crippen LogP contribution is 2.13. The summed E-state index contributed by atoms with van der Waals surface area (Å²) >= 11 is 0. The first-order valence-electron chi connectivity index (χ1n) is 6.35. The number of anilines is 1. The second-order valence-corrected chi connectivity index (χ2v) is 4.75. The minimum absolute atomic E-state index is 0.616. The molecule has 1 aromatic rings. The number of allylic oxidation sites excluding steroid dienone is 3. The summed E-state index contributed by atoms with van der Waals surface area (Å²) < 4.78 is 5.61. The predicted molar refractivity (Wildman–Crippen MR) is 78.8 cm³/mol. The normalized spacial score (nSPS) is 11.2. The fraction of sp³-hybridized carbons (Fsp3) is 0.375. The molecule has 0 radical (unpaired) electrons. The Hall–Kier alpha value is -1.70. The lowest BCUT2D eigenvalue weighted by Crippen LogP contribution is -1.95. The van der Waals surface area contributed by atoms with Crippen LogP contribution in [0.4, 0.5) is 5.69 Å². The van der Waals surface area contributed by atoms with Gasteiger partial charge in [-0.25, -0.2) is 0 Å². The molecule has 0 heterocycles. The molecule has 0 bridgehead atoms. The van der Waals surface area contributed by atoms with E-state index in [2.05, 4.69) is 32.9 Å². The lowest BCUT2D eigenvalue weighted by Gasteiger charge is -2.04. The molecular weight excluding hydrogens is 222 g/mol. The molecule has 0 aliphatic heterocycles. The lowest BCUT2D eigenvalue weighted by atomic mass is 10.1. The maximum absolute atomic E-state index is 5.61. The predicted octanol–water partition coefficient (Wildman–Crippen LogP) is 4.34. The zero-order chi connectivity index (χ0) is 13.4. The second kappa shape index (κ2) is 7.59. The van der Waals surface area contributed by atoms with Gasteiger partial charge in [0.25, 0.3) is 0 Å². The van der Waals surface area contributed by atoms with Crippen molar-refractivity contribution in [2.24, 2.45) is 0 Å². The van der Waals surface area contributed by atoms with Gasteiger partial charge in [0.05, 0.1) is 0 Å².